The molecule has 1 aromatic carbocycles. The van der Waals surface area contributed by atoms with E-state index in [-0.39, 0.29) is 10.6 Å². The summed E-state index contributed by atoms with van der Waals surface area (Å²) in [7, 11) is 0. The fourth-order valence-electron chi connectivity index (χ4n) is 1.01. The third kappa shape index (κ3) is 3.12. The van der Waals surface area contributed by atoms with Crippen LogP contribution < -0.4 is 5.32 Å². The number of aliphatic carboxylic acids is 1. The number of carbonyl (C=O) groups excluding carboxylic acids is 1. The van der Waals surface area contributed by atoms with Gasteiger partial charge in [0, 0.05) is 5.02 Å². The van der Waals surface area contributed by atoms with Gasteiger partial charge in [-0.05, 0) is 25.1 Å². The van der Waals surface area contributed by atoms with E-state index < -0.39 is 17.9 Å². The number of nitrogens with one attached hydrogen (secondary N) is 1. The molecule has 0 aliphatic carbocycles. The zero-order chi connectivity index (χ0) is 12.3. The first-order valence-electron chi connectivity index (χ1n) is 4.40. The van der Waals surface area contributed by atoms with Crippen LogP contribution in [0.25, 0.3) is 0 Å². The molecule has 16 heavy (non-hydrogen) atoms. The maximum absolute atomic E-state index is 11.6. The second kappa shape index (κ2) is 5.18. The van der Waals surface area contributed by atoms with Gasteiger partial charge in [0.05, 0.1) is 10.6 Å². The van der Waals surface area contributed by atoms with Crippen LogP contribution in [0.15, 0.2) is 18.2 Å². The first-order chi connectivity index (χ1) is 7.41. The first-order valence-corrected chi connectivity index (χ1v) is 5.16. The van der Waals surface area contributed by atoms with Gasteiger partial charge < -0.3 is 10.4 Å². The Morgan fingerprint density at radius 1 is 1.38 bits per heavy atom. The summed E-state index contributed by atoms with van der Waals surface area (Å²) in [5.41, 5.74) is 0.194. The average molecular weight is 262 g/mol. The Bertz CT molecular complexity index is 434. The second-order valence-corrected chi connectivity index (χ2v) is 4.00. The van der Waals surface area contributed by atoms with E-state index in [0.29, 0.717) is 5.02 Å². The monoisotopic (exact) mass is 261 g/mol. The van der Waals surface area contributed by atoms with Crippen LogP contribution in [0.1, 0.15) is 17.3 Å². The molecule has 1 rings (SSSR count). The average Bonchev–Trinajstić information content (AvgIpc) is 2.16. The molecule has 2 N–H and O–H groups in total. The Hall–Kier alpha value is -1.26. The highest BCUT2D eigenvalue weighted by molar-refractivity contribution is 6.36. The molecule has 0 heterocycles. The predicted octanol–water partition coefficient (Wildman–Crippen LogP) is 2.20. The van der Waals surface area contributed by atoms with Crippen LogP contribution in [0.5, 0.6) is 0 Å². The number of hydrogen-bond acceptors (Lipinski definition) is 2. The molecule has 86 valence electrons. The van der Waals surface area contributed by atoms with Crippen LogP contribution in [0.2, 0.25) is 10.0 Å². The second-order valence-electron chi connectivity index (χ2n) is 3.16. The SMILES string of the molecule is C[C@H](NC(=O)c1ccc(Cl)cc1Cl)C(=O)O. The van der Waals surface area contributed by atoms with Gasteiger partial charge in [0.2, 0.25) is 0 Å². The van der Waals surface area contributed by atoms with Crippen molar-refractivity contribution in [3.63, 3.8) is 0 Å². The van der Waals surface area contributed by atoms with Crippen LogP contribution in [-0.2, 0) is 4.79 Å². The Balaban J connectivity index is 2.85. The molecule has 1 atom stereocenters. The summed E-state index contributed by atoms with van der Waals surface area (Å²) in [4.78, 5) is 22.1. The van der Waals surface area contributed by atoms with Crippen LogP contribution >= 0.6 is 23.2 Å². The molecule has 6 heteroatoms. The molecule has 4 nitrogen and oxygen atoms in total. The Kier molecular flexibility index (Phi) is 4.15. The summed E-state index contributed by atoms with van der Waals surface area (Å²) in [5.74, 6) is -1.66. The van der Waals surface area contributed by atoms with Crippen LogP contribution in [-0.4, -0.2) is 23.0 Å². The summed E-state index contributed by atoms with van der Waals surface area (Å²) in [6.45, 7) is 1.37. The van der Waals surface area contributed by atoms with E-state index >= 15 is 0 Å². The molecule has 0 unspecified atom stereocenters. The smallest absolute Gasteiger partial charge is 0.325 e. The Morgan fingerprint density at radius 2 is 2.00 bits per heavy atom. The van der Waals surface area contributed by atoms with Crippen molar-refractivity contribution in [2.45, 2.75) is 13.0 Å². The lowest BCUT2D eigenvalue weighted by molar-refractivity contribution is -0.138. The van der Waals surface area contributed by atoms with Gasteiger partial charge in [-0.15, -0.1) is 0 Å². The van der Waals surface area contributed by atoms with Gasteiger partial charge in [0.1, 0.15) is 6.04 Å². The van der Waals surface area contributed by atoms with Crippen LogP contribution in [0.3, 0.4) is 0 Å². The maximum atomic E-state index is 11.6. The summed E-state index contributed by atoms with van der Waals surface area (Å²) in [6, 6.07) is 3.39. The summed E-state index contributed by atoms with van der Waals surface area (Å²) in [5, 5.41) is 11.5. The highest BCUT2D eigenvalue weighted by atomic mass is 35.5. The van der Waals surface area contributed by atoms with E-state index in [4.69, 9.17) is 28.3 Å². The summed E-state index contributed by atoms with van der Waals surface area (Å²) in [6.07, 6.45) is 0. The number of halogens is 2. The normalized spacial score (nSPS) is 11.9. The zero-order valence-corrected chi connectivity index (χ0v) is 9.84. The lowest BCUT2D eigenvalue weighted by atomic mass is 10.2. The van der Waals surface area contributed by atoms with Crippen molar-refractivity contribution in [3.05, 3.63) is 33.8 Å². The lowest BCUT2D eigenvalue weighted by Gasteiger charge is -2.10. The molecule has 0 saturated carbocycles. The van der Waals surface area contributed by atoms with Crippen molar-refractivity contribution in [2.75, 3.05) is 0 Å². The fraction of sp³-hybridized carbons (Fsp3) is 0.200. The largest absolute Gasteiger partial charge is 0.480 e. The number of carboxylic acid groups (broad SMARTS) is 1. The van der Waals surface area contributed by atoms with E-state index in [1.807, 2.05) is 0 Å². The molecule has 0 aliphatic rings. The molecule has 1 amide bonds. The van der Waals surface area contributed by atoms with Gasteiger partial charge >= 0.3 is 5.97 Å². The third-order valence-electron chi connectivity index (χ3n) is 1.89. The molecule has 0 fully saturated rings. The van der Waals surface area contributed by atoms with Crippen LogP contribution in [0.4, 0.5) is 0 Å². The maximum Gasteiger partial charge on any atom is 0.325 e. The standard InChI is InChI=1S/C10H9Cl2NO3/c1-5(10(15)16)13-9(14)7-3-2-6(11)4-8(7)12/h2-5H,1H3,(H,13,14)(H,15,16)/t5-/m0/s1. The Labute approximate surface area is 102 Å². The minimum Gasteiger partial charge on any atom is -0.480 e. The molecule has 0 bridgehead atoms. The minimum absolute atomic E-state index is 0.183. The van der Waals surface area contributed by atoms with Gasteiger partial charge in [-0.3, -0.25) is 9.59 Å². The number of rotatable bonds is 3. The van der Waals surface area contributed by atoms with Crippen molar-refractivity contribution in [3.8, 4) is 0 Å². The number of carbonyl (C=O) groups is 2. The molecule has 0 spiro atoms. The summed E-state index contributed by atoms with van der Waals surface area (Å²) < 4.78 is 0. The predicted molar refractivity (Wildman–Crippen MR) is 61.0 cm³/mol. The first kappa shape index (κ1) is 12.8. The van der Waals surface area contributed by atoms with E-state index in [0.717, 1.165) is 0 Å². The number of hydrogen-bond donors (Lipinski definition) is 2. The van der Waals surface area contributed by atoms with E-state index in [1.165, 1.54) is 25.1 Å². The zero-order valence-electron chi connectivity index (χ0n) is 8.33. The molecule has 0 radical (unpaired) electrons. The highest BCUT2D eigenvalue weighted by Crippen LogP contribution is 2.20. The molecule has 0 aliphatic heterocycles. The number of carboxylic acids is 1. The summed E-state index contributed by atoms with van der Waals surface area (Å²) >= 11 is 11.5. The quantitative estimate of drug-likeness (QED) is 0.877. The highest BCUT2D eigenvalue weighted by Gasteiger charge is 2.17. The van der Waals surface area contributed by atoms with Gasteiger partial charge in [-0.25, -0.2) is 0 Å². The van der Waals surface area contributed by atoms with Gasteiger partial charge in [-0.1, -0.05) is 23.2 Å². The number of amides is 1. The van der Waals surface area contributed by atoms with Crippen molar-refractivity contribution < 1.29 is 14.7 Å². The van der Waals surface area contributed by atoms with Gasteiger partial charge in [0.15, 0.2) is 0 Å². The lowest BCUT2D eigenvalue weighted by Crippen LogP contribution is -2.38. The van der Waals surface area contributed by atoms with Gasteiger partial charge in [0.25, 0.3) is 5.91 Å². The van der Waals surface area contributed by atoms with Crippen molar-refractivity contribution >= 4 is 35.1 Å². The third-order valence-corrected chi connectivity index (χ3v) is 2.44. The van der Waals surface area contributed by atoms with Crippen molar-refractivity contribution in [1.29, 1.82) is 0 Å². The fourth-order valence-corrected chi connectivity index (χ4v) is 1.50. The number of benzene rings is 1. The topological polar surface area (TPSA) is 66.4 Å². The molecular formula is C10H9Cl2NO3. The van der Waals surface area contributed by atoms with E-state index in [1.54, 1.807) is 0 Å². The van der Waals surface area contributed by atoms with Crippen LogP contribution in [0, 0.1) is 0 Å². The van der Waals surface area contributed by atoms with E-state index in [2.05, 4.69) is 5.32 Å². The van der Waals surface area contributed by atoms with Gasteiger partial charge in [-0.2, -0.15) is 0 Å². The molecule has 0 aromatic heterocycles. The minimum atomic E-state index is -1.11. The molecular weight excluding hydrogens is 253 g/mol. The van der Waals surface area contributed by atoms with Crippen molar-refractivity contribution in [1.82, 2.24) is 5.32 Å². The molecule has 1 aromatic rings. The van der Waals surface area contributed by atoms with E-state index in [9.17, 15) is 9.59 Å². The Morgan fingerprint density at radius 3 is 2.50 bits per heavy atom. The molecule has 0 saturated heterocycles. The van der Waals surface area contributed by atoms with Crippen molar-refractivity contribution in [2.24, 2.45) is 0 Å².